The molecular weight excluding hydrogens is 274 g/mol. The highest BCUT2D eigenvalue weighted by molar-refractivity contribution is 6.03. The average molecular weight is 294 g/mol. The molecule has 4 nitrogen and oxygen atoms in total. The van der Waals surface area contributed by atoms with Crippen LogP contribution in [0.1, 0.15) is 24.2 Å². The van der Waals surface area contributed by atoms with Crippen LogP contribution in [-0.4, -0.2) is 24.0 Å². The predicted octanol–water partition coefficient (Wildman–Crippen LogP) is 3.57. The molecule has 0 spiro atoms. The quantitative estimate of drug-likeness (QED) is 0.481. The van der Waals surface area contributed by atoms with Crippen molar-refractivity contribution in [3.05, 3.63) is 66.2 Å². The number of hydrogen-bond acceptors (Lipinski definition) is 3. The summed E-state index contributed by atoms with van der Waals surface area (Å²) in [5, 5.41) is 11.8. The summed E-state index contributed by atoms with van der Waals surface area (Å²) in [6, 6.07) is 18.2. The summed E-state index contributed by atoms with van der Waals surface area (Å²) < 4.78 is -0.460. The number of hydrogen-bond donors (Lipinski definition) is 0. The summed E-state index contributed by atoms with van der Waals surface area (Å²) >= 11 is 0. The van der Waals surface area contributed by atoms with Crippen LogP contribution in [0.15, 0.2) is 60.7 Å². The van der Waals surface area contributed by atoms with E-state index in [0.29, 0.717) is 24.3 Å². The van der Waals surface area contributed by atoms with Gasteiger partial charge in [0.05, 0.1) is 5.56 Å². The van der Waals surface area contributed by atoms with Crippen LogP contribution >= 0.6 is 0 Å². The van der Waals surface area contributed by atoms with Gasteiger partial charge in [-0.3, -0.25) is 0 Å². The van der Waals surface area contributed by atoms with Crippen molar-refractivity contribution in [2.45, 2.75) is 13.8 Å². The number of nitriles is 1. The van der Waals surface area contributed by atoms with Crippen LogP contribution in [0.25, 0.3) is 0 Å². The molecule has 0 saturated carbocycles. The van der Waals surface area contributed by atoms with Crippen LogP contribution in [0.5, 0.6) is 0 Å². The molecule has 2 rings (SSSR count). The molecule has 112 valence electrons. The summed E-state index contributed by atoms with van der Waals surface area (Å²) in [6.45, 7) is 5.10. The van der Waals surface area contributed by atoms with Gasteiger partial charge in [0.15, 0.2) is 5.69 Å². The lowest BCUT2D eigenvalue weighted by atomic mass is 10.1. The number of benzene rings is 2. The zero-order chi connectivity index (χ0) is 16.0. The second-order valence-electron chi connectivity index (χ2n) is 4.88. The Morgan fingerprint density at radius 2 is 1.50 bits per heavy atom. The Balaban J connectivity index is 2.65. The second-order valence-corrected chi connectivity index (χ2v) is 4.88. The molecule has 0 radical (unpaired) electrons. The molecule has 0 aliphatic carbocycles. The first-order valence-electron chi connectivity index (χ1n) is 7.42. The van der Waals surface area contributed by atoms with Gasteiger partial charge in [0, 0.05) is 25.2 Å². The van der Waals surface area contributed by atoms with E-state index in [2.05, 4.69) is 6.19 Å². The monoisotopic (exact) mass is 294 g/mol. The third-order valence-electron chi connectivity index (χ3n) is 3.74. The van der Waals surface area contributed by atoms with E-state index >= 15 is 0 Å². The van der Waals surface area contributed by atoms with Gasteiger partial charge in [0.1, 0.15) is 0 Å². The van der Waals surface area contributed by atoms with Crippen molar-refractivity contribution in [2.75, 3.05) is 13.1 Å². The van der Waals surface area contributed by atoms with Gasteiger partial charge in [-0.15, -0.1) is 10.3 Å². The summed E-state index contributed by atoms with van der Waals surface area (Å²) in [5.74, 6) is -0.238. The van der Waals surface area contributed by atoms with E-state index < -0.39 is 4.59 Å². The first-order chi connectivity index (χ1) is 10.7. The zero-order valence-corrected chi connectivity index (χ0v) is 12.9. The van der Waals surface area contributed by atoms with E-state index in [1.807, 2.05) is 67.4 Å². The van der Waals surface area contributed by atoms with Gasteiger partial charge in [-0.2, -0.15) is 0 Å². The Hall–Kier alpha value is -2.48. The van der Waals surface area contributed by atoms with Crippen LogP contribution in [-0.2, 0) is 0 Å². The summed E-state index contributed by atoms with van der Waals surface area (Å²) in [7, 11) is 0. The maximum Gasteiger partial charge on any atom is 0.385 e. The number of rotatable bonds is 5. The fraction of sp³-hybridized carbons (Fsp3) is 0.222. The van der Waals surface area contributed by atoms with E-state index in [-0.39, 0.29) is 5.91 Å². The second kappa shape index (κ2) is 6.99. The third kappa shape index (κ3) is 2.64. The van der Waals surface area contributed by atoms with Crippen molar-refractivity contribution in [1.82, 2.24) is 9.60 Å². The molecule has 0 heterocycles. The number of para-hydroxylation sites is 1. The highest BCUT2D eigenvalue weighted by atomic mass is 16.2. The molecule has 1 atom stereocenters. The SMILES string of the molecule is CCN(CC)[N+](C#N)(C(=O)c1ccccc1)c1ccccc1. The van der Waals surface area contributed by atoms with Gasteiger partial charge < -0.3 is 0 Å². The van der Waals surface area contributed by atoms with Crippen LogP contribution < -0.4 is 4.59 Å². The molecule has 0 aromatic heterocycles. The van der Waals surface area contributed by atoms with E-state index in [4.69, 9.17) is 0 Å². The van der Waals surface area contributed by atoms with Crippen LogP contribution in [0.2, 0.25) is 0 Å². The van der Waals surface area contributed by atoms with Gasteiger partial charge in [0.25, 0.3) is 0 Å². The van der Waals surface area contributed by atoms with Crippen molar-refractivity contribution in [3.63, 3.8) is 0 Å². The van der Waals surface area contributed by atoms with Gasteiger partial charge in [0.2, 0.25) is 0 Å². The maximum atomic E-state index is 13.2. The first kappa shape index (κ1) is 15.9. The number of nitrogens with zero attached hydrogens (tertiary/aromatic N) is 3. The molecule has 2 aromatic rings. The van der Waals surface area contributed by atoms with E-state index in [1.54, 1.807) is 12.1 Å². The minimum atomic E-state index is -0.460. The minimum absolute atomic E-state index is 0.238. The van der Waals surface area contributed by atoms with E-state index in [0.717, 1.165) is 0 Å². The van der Waals surface area contributed by atoms with E-state index in [9.17, 15) is 10.1 Å². The van der Waals surface area contributed by atoms with Gasteiger partial charge in [-0.25, -0.2) is 4.79 Å². The van der Waals surface area contributed by atoms with Crippen LogP contribution in [0, 0.1) is 11.5 Å². The van der Waals surface area contributed by atoms with Crippen molar-refractivity contribution in [1.29, 1.82) is 5.26 Å². The molecule has 0 aliphatic heterocycles. The topological polar surface area (TPSA) is 44.1 Å². The highest BCUT2D eigenvalue weighted by Crippen LogP contribution is 2.28. The van der Waals surface area contributed by atoms with Gasteiger partial charge >= 0.3 is 12.1 Å². The molecule has 1 amide bonds. The fourth-order valence-corrected chi connectivity index (χ4v) is 2.63. The van der Waals surface area contributed by atoms with Gasteiger partial charge in [-0.05, 0) is 30.6 Å². The highest BCUT2D eigenvalue weighted by Gasteiger charge is 2.46. The summed E-state index contributed by atoms with van der Waals surface area (Å²) in [6.07, 6.45) is 2.25. The average Bonchev–Trinajstić information content (AvgIpc) is 2.60. The van der Waals surface area contributed by atoms with E-state index in [1.165, 1.54) is 0 Å². The molecule has 22 heavy (non-hydrogen) atoms. The number of carbonyl (C=O) groups is 1. The summed E-state index contributed by atoms with van der Waals surface area (Å²) in [4.78, 5) is 13.2. The Morgan fingerprint density at radius 3 is 1.95 bits per heavy atom. The largest absolute Gasteiger partial charge is 0.385 e. The Bertz CT molecular complexity index is 660. The molecule has 0 N–H and O–H groups in total. The fourth-order valence-electron chi connectivity index (χ4n) is 2.63. The van der Waals surface area contributed by atoms with Crippen LogP contribution in [0.4, 0.5) is 5.69 Å². The summed E-state index contributed by atoms with van der Waals surface area (Å²) in [5.41, 5.74) is 1.18. The standard InChI is InChI=1S/C18H20N3O/c1-3-20(4-2)21(15-19,17-13-9-6-10-14-17)18(22)16-11-7-5-8-12-16/h5-14H,3-4H2,1-2H3/q+1. The molecular formula is C18H20N3O+. The predicted molar refractivity (Wildman–Crippen MR) is 87.5 cm³/mol. The Kier molecular flexibility index (Phi) is 5.05. The molecule has 0 aliphatic rings. The van der Waals surface area contributed by atoms with Gasteiger partial charge in [-0.1, -0.05) is 36.4 Å². The molecule has 0 fully saturated rings. The van der Waals surface area contributed by atoms with Crippen molar-refractivity contribution >= 4 is 11.6 Å². The number of amides is 1. The smallest absolute Gasteiger partial charge is 0.222 e. The number of carbonyl (C=O) groups excluding carboxylic acids is 1. The Morgan fingerprint density at radius 1 is 1.00 bits per heavy atom. The lowest BCUT2D eigenvalue weighted by Gasteiger charge is -2.34. The normalized spacial score (nSPS) is 13.4. The Labute approximate surface area is 131 Å². The lowest BCUT2D eigenvalue weighted by molar-refractivity contribution is 0.0317. The molecule has 0 bridgehead atoms. The molecule has 0 saturated heterocycles. The van der Waals surface area contributed by atoms with Crippen molar-refractivity contribution in [2.24, 2.45) is 0 Å². The molecule has 4 heteroatoms. The minimum Gasteiger partial charge on any atom is -0.222 e. The maximum absolute atomic E-state index is 13.2. The van der Waals surface area contributed by atoms with Crippen molar-refractivity contribution in [3.8, 4) is 6.19 Å². The third-order valence-corrected chi connectivity index (χ3v) is 3.74. The van der Waals surface area contributed by atoms with Crippen molar-refractivity contribution < 1.29 is 4.79 Å². The lowest BCUT2D eigenvalue weighted by Crippen LogP contribution is -2.62. The van der Waals surface area contributed by atoms with Crippen LogP contribution in [0.3, 0.4) is 0 Å². The first-order valence-corrected chi connectivity index (χ1v) is 7.42. The number of quaternary nitrogens is 1. The molecule has 2 aromatic carbocycles. The molecule has 1 unspecified atom stereocenters. The zero-order valence-electron chi connectivity index (χ0n) is 12.9.